The van der Waals surface area contributed by atoms with Crippen LogP contribution in [0.2, 0.25) is 0 Å². The maximum absolute atomic E-state index is 13.7. The van der Waals surface area contributed by atoms with E-state index in [0.29, 0.717) is 45.5 Å². The minimum Gasteiger partial charge on any atom is -0.493 e. The van der Waals surface area contributed by atoms with Crippen LogP contribution in [0.15, 0.2) is 59.1 Å². The van der Waals surface area contributed by atoms with Gasteiger partial charge in [-0.15, -0.1) is 0 Å². The Morgan fingerprint density at radius 2 is 1.78 bits per heavy atom. The lowest BCUT2D eigenvalue weighted by molar-refractivity contribution is 0.0994. The van der Waals surface area contributed by atoms with E-state index in [2.05, 4.69) is 10.1 Å². The summed E-state index contributed by atoms with van der Waals surface area (Å²) >= 11 is 0. The van der Waals surface area contributed by atoms with Gasteiger partial charge in [0.15, 0.2) is 11.5 Å². The van der Waals surface area contributed by atoms with Crippen molar-refractivity contribution in [1.82, 2.24) is 10.1 Å². The molecule has 1 saturated carbocycles. The molecular formula is C25H23N3O4. The zero-order valence-corrected chi connectivity index (χ0v) is 18.2. The number of anilines is 1. The smallest absolute Gasteiger partial charge is 0.259 e. The summed E-state index contributed by atoms with van der Waals surface area (Å²) in [7, 11) is 4.89. The molecule has 2 aromatic heterocycles. The number of rotatable bonds is 6. The quantitative estimate of drug-likeness (QED) is 0.426. The van der Waals surface area contributed by atoms with Gasteiger partial charge in [-0.3, -0.25) is 4.79 Å². The van der Waals surface area contributed by atoms with Crippen molar-refractivity contribution in [3.8, 4) is 22.8 Å². The number of nitrogens with zero attached hydrogens (tertiary/aromatic N) is 3. The van der Waals surface area contributed by atoms with Crippen LogP contribution in [0.5, 0.6) is 11.5 Å². The fraction of sp³-hybridized carbons (Fsp3) is 0.240. The molecule has 0 bridgehead atoms. The SMILES string of the molecule is COc1ccc(N(C)C(=O)c2cc(C3CC3)nc3onc(-c4ccccc4)c23)cc1OC. The van der Waals surface area contributed by atoms with Crippen molar-refractivity contribution in [3.05, 3.63) is 65.9 Å². The predicted octanol–water partition coefficient (Wildman–Crippen LogP) is 5.06. The first-order valence-electron chi connectivity index (χ1n) is 10.5. The molecule has 0 aliphatic heterocycles. The third kappa shape index (κ3) is 3.45. The Kier molecular flexibility index (Phi) is 5.01. The highest BCUT2D eigenvalue weighted by Gasteiger charge is 2.30. The molecule has 162 valence electrons. The van der Waals surface area contributed by atoms with Crippen molar-refractivity contribution in [2.45, 2.75) is 18.8 Å². The van der Waals surface area contributed by atoms with Crippen LogP contribution < -0.4 is 14.4 Å². The molecule has 2 aromatic carbocycles. The van der Waals surface area contributed by atoms with Crippen LogP contribution in [0.1, 0.15) is 34.8 Å². The molecule has 1 aliphatic carbocycles. The van der Waals surface area contributed by atoms with Crippen molar-refractivity contribution >= 4 is 22.7 Å². The van der Waals surface area contributed by atoms with Crippen molar-refractivity contribution in [3.63, 3.8) is 0 Å². The largest absolute Gasteiger partial charge is 0.493 e. The average Bonchev–Trinajstić information content (AvgIpc) is 3.61. The molecule has 0 atom stereocenters. The lowest BCUT2D eigenvalue weighted by Gasteiger charge is -2.20. The van der Waals surface area contributed by atoms with Gasteiger partial charge in [-0.25, -0.2) is 4.98 Å². The van der Waals surface area contributed by atoms with Gasteiger partial charge < -0.3 is 18.9 Å². The number of aromatic nitrogens is 2. The van der Waals surface area contributed by atoms with Crippen molar-refractivity contribution in [1.29, 1.82) is 0 Å². The number of amides is 1. The Bertz CT molecular complexity index is 1300. The van der Waals surface area contributed by atoms with Gasteiger partial charge in [-0.05, 0) is 31.0 Å². The molecule has 0 N–H and O–H groups in total. The van der Waals surface area contributed by atoms with Crippen LogP contribution in [0, 0.1) is 0 Å². The number of pyridine rings is 1. The first-order valence-corrected chi connectivity index (χ1v) is 10.5. The van der Waals surface area contributed by atoms with E-state index in [4.69, 9.17) is 14.0 Å². The molecule has 4 aromatic rings. The molecule has 32 heavy (non-hydrogen) atoms. The van der Waals surface area contributed by atoms with E-state index in [-0.39, 0.29) is 5.91 Å². The highest BCUT2D eigenvalue weighted by atomic mass is 16.5. The molecule has 0 spiro atoms. The van der Waals surface area contributed by atoms with Crippen molar-refractivity contribution < 1.29 is 18.8 Å². The minimum absolute atomic E-state index is 0.174. The molecule has 0 saturated heterocycles. The van der Waals surface area contributed by atoms with Crippen LogP contribution in [0.25, 0.3) is 22.4 Å². The summed E-state index contributed by atoms with van der Waals surface area (Å²) in [6, 6.07) is 17.0. The maximum atomic E-state index is 13.7. The van der Waals surface area contributed by atoms with Gasteiger partial charge in [0.05, 0.1) is 25.2 Å². The van der Waals surface area contributed by atoms with Crippen molar-refractivity contribution in [2.24, 2.45) is 0 Å². The molecule has 1 fully saturated rings. The van der Waals surface area contributed by atoms with E-state index in [0.717, 1.165) is 24.1 Å². The first-order chi connectivity index (χ1) is 15.6. The number of carbonyl (C=O) groups excluding carboxylic acids is 1. The Morgan fingerprint density at radius 3 is 2.47 bits per heavy atom. The van der Waals surface area contributed by atoms with Gasteiger partial charge in [0, 0.05) is 36.0 Å². The number of hydrogen-bond donors (Lipinski definition) is 0. The van der Waals surface area contributed by atoms with E-state index in [1.54, 1.807) is 38.3 Å². The Labute approximate surface area is 185 Å². The van der Waals surface area contributed by atoms with E-state index >= 15 is 0 Å². The summed E-state index contributed by atoms with van der Waals surface area (Å²) in [5, 5.41) is 4.89. The summed E-state index contributed by atoms with van der Waals surface area (Å²) in [5.74, 6) is 1.34. The highest BCUT2D eigenvalue weighted by molar-refractivity contribution is 6.15. The normalized spacial score (nSPS) is 13.2. The lowest BCUT2D eigenvalue weighted by atomic mass is 10.0. The highest BCUT2D eigenvalue weighted by Crippen LogP contribution is 2.42. The molecular weight excluding hydrogens is 406 g/mol. The summed E-state index contributed by atoms with van der Waals surface area (Å²) in [6.45, 7) is 0. The summed E-state index contributed by atoms with van der Waals surface area (Å²) in [6.07, 6.45) is 2.13. The van der Waals surface area contributed by atoms with Crippen molar-refractivity contribution in [2.75, 3.05) is 26.2 Å². The van der Waals surface area contributed by atoms with Gasteiger partial charge in [-0.1, -0.05) is 35.5 Å². The lowest BCUT2D eigenvalue weighted by Crippen LogP contribution is -2.26. The third-order valence-electron chi connectivity index (χ3n) is 5.80. The Morgan fingerprint density at radius 1 is 1.03 bits per heavy atom. The monoisotopic (exact) mass is 429 g/mol. The number of benzene rings is 2. The molecule has 0 unspecified atom stereocenters. The van der Waals surface area contributed by atoms with E-state index in [9.17, 15) is 4.79 Å². The van der Waals surface area contributed by atoms with E-state index < -0.39 is 0 Å². The topological polar surface area (TPSA) is 77.7 Å². The standard InChI is InChI=1S/C25H23N3O4/c1-28(17-11-12-20(30-2)21(13-17)31-3)25(29)18-14-19(15-9-10-15)26-24-22(18)23(27-32-24)16-7-5-4-6-8-16/h4-8,11-15H,9-10H2,1-3H3. The van der Waals surface area contributed by atoms with Crippen LogP contribution in [0.4, 0.5) is 5.69 Å². The molecule has 0 radical (unpaired) electrons. The van der Waals surface area contributed by atoms with Crippen LogP contribution >= 0.6 is 0 Å². The number of hydrogen-bond acceptors (Lipinski definition) is 6. The zero-order valence-electron chi connectivity index (χ0n) is 18.2. The van der Waals surface area contributed by atoms with E-state index in [1.165, 1.54) is 0 Å². The van der Waals surface area contributed by atoms with Gasteiger partial charge >= 0.3 is 0 Å². The van der Waals surface area contributed by atoms with Crippen LogP contribution in [-0.2, 0) is 0 Å². The first kappa shape index (κ1) is 20.1. The molecule has 7 nitrogen and oxygen atoms in total. The zero-order chi connectivity index (χ0) is 22.2. The Hall–Kier alpha value is -3.87. The molecule has 1 aliphatic rings. The fourth-order valence-electron chi connectivity index (χ4n) is 3.85. The molecule has 1 amide bonds. The van der Waals surface area contributed by atoms with Crippen LogP contribution in [0.3, 0.4) is 0 Å². The second kappa shape index (κ2) is 8.00. The predicted molar refractivity (Wildman–Crippen MR) is 121 cm³/mol. The van der Waals surface area contributed by atoms with Crippen LogP contribution in [-0.4, -0.2) is 37.3 Å². The second-order valence-corrected chi connectivity index (χ2v) is 7.85. The summed E-state index contributed by atoms with van der Waals surface area (Å²) < 4.78 is 16.3. The third-order valence-corrected chi connectivity index (χ3v) is 5.80. The average molecular weight is 429 g/mol. The molecule has 7 heteroatoms. The maximum Gasteiger partial charge on any atom is 0.259 e. The molecule has 5 rings (SSSR count). The van der Waals surface area contributed by atoms with Gasteiger partial charge in [0.25, 0.3) is 11.6 Å². The summed E-state index contributed by atoms with van der Waals surface area (Å²) in [5.41, 5.74) is 3.95. The number of carbonyl (C=O) groups is 1. The summed E-state index contributed by atoms with van der Waals surface area (Å²) in [4.78, 5) is 20.0. The number of ether oxygens (including phenoxy) is 2. The van der Waals surface area contributed by atoms with Gasteiger partial charge in [-0.2, -0.15) is 0 Å². The second-order valence-electron chi connectivity index (χ2n) is 7.85. The van der Waals surface area contributed by atoms with Gasteiger partial charge in [0.2, 0.25) is 0 Å². The van der Waals surface area contributed by atoms with Gasteiger partial charge in [0.1, 0.15) is 5.69 Å². The minimum atomic E-state index is -0.174. The van der Waals surface area contributed by atoms with E-state index in [1.807, 2.05) is 42.5 Å². The number of fused-ring (bicyclic) bond motifs is 1. The Balaban J connectivity index is 1.63. The molecule has 2 heterocycles. The fourth-order valence-corrected chi connectivity index (χ4v) is 3.85. The number of methoxy groups -OCH3 is 2.